The standard InChI is InChI=1S/C13H22N4O/c1-9(2)13-14-11(7-12(18)15-13)17-6-5-16(4)10(3)8-17/h7,9-10H,5-6,8H2,1-4H3,(H,14,15,18). The predicted octanol–water partition coefficient (Wildman–Crippen LogP) is 1.03. The maximum absolute atomic E-state index is 11.7. The number of nitrogens with one attached hydrogen (secondary N) is 1. The van der Waals surface area contributed by atoms with Gasteiger partial charge in [-0.3, -0.25) is 4.79 Å². The van der Waals surface area contributed by atoms with Gasteiger partial charge in [-0.2, -0.15) is 0 Å². The minimum Gasteiger partial charge on any atom is -0.354 e. The molecule has 0 spiro atoms. The van der Waals surface area contributed by atoms with Crippen LogP contribution in [0.1, 0.15) is 32.5 Å². The number of anilines is 1. The molecule has 0 bridgehead atoms. The summed E-state index contributed by atoms with van der Waals surface area (Å²) < 4.78 is 0. The molecule has 0 aromatic carbocycles. The molecule has 2 heterocycles. The highest BCUT2D eigenvalue weighted by Gasteiger charge is 2.22. The van der Waals surface area contributed by atoms with Gasteiger partial charge < -0.3 is 14.8 Å². The summed E-state index contributed by atoms with van der Waals surface area (Å²) in [6.07, 6.45) is 0. The average Bonchev–Trinajstić information content (AvgIpc) is 2.31. The topological polar surface area (TPSA) is 52.2 Å². The van der Waals surface area contributed by atoms with E-state index < -0.39 is 0 Å². The first-order chi connectivity index (χ1) is 8.47. The number of piperazine rings is 1. The van der Waals surface area contributed by atoms with Crippen LogP contribution < -0.4 is 10.5 Å². The molecule has 2 rings (SSSR count). The highest BCUT2D eigenvalue weighted by molar-refractivity contribution is 5.38. The Kier molecular flexibility index (Phi) is 3.71. The zero-order valence-electron chi connectivity index (χ0n) is 11.6. The number of rotatable bonds is 2. The van der Waals surface area contributed by atoms with Crippen LogP contribution in [0.5, 0.6) is 0 Å². The van der Waals surface area contributed by atoms with E-state index in [4.69, 9.17) is 0 Å². The molecular weight excluding hydrogens is 228 g/mol. The van der Waals surface area contributed by atoms with Gasteiger partial charge in [-0.15, -0.1) is 0 Å². The van der Waals surface area contributed by atoms with Crippen LogP contribution in [0.4, 0.5) is 5.82 Å². The largest absolute Gasteiger partial charge is 0.354 e. The number of aromatic amines is 1. The van der Waals surface area contributed by atoms with Crippen LogP contribution in [0.2, 0.25) is 0 Å². The molecule has 1 atom stereocenters. The Morgan fingerprint density at radius 1 is 1.44 bits per heavy atom. The van der Waals surface area contributed by atoms with Crippen molar-refractivity contribution >= 4 is 5.82 Å². The monoisotopic (exact) mass is 250 g/mol. The first-order valence-corrected chi connectivity index (χ1v) is 6.54. The maximum atomic E-state index is 11.7. The van der Waals surface area contributed by atoms with Gasteiger partial charge in [0.05, 0.1) is 0 Å². The molecule has 18 heavy (non-hydrogen) atoms. The van der Waals surface area contributed by atoms with E-state index in [1.165, 1.54) is 0 Å². The number of H-pyrrole nitrogens is 1. The van der Waals surface area contributed by atoms with E-state index in [-0.39, 0.29) is 11.5 Å². The SMILES string of the molecule is CC(C)c1nc(N2CCN(C)C(C)C2)cc(=O)[nH]1. The Morgan fingerprint density at radius 3 is 2.78 bits per heavy atom. The second kappa shape index (κ2) is 5.10. The summed E-state index contributed by atoms with van der Waals surface area (Å²) in [6.45, 7) is 9.12. The van der Waals surface area contributed by atoms with Gasteiger partial charge in [0.25, 0.3) is 5.56 Å². The molecule has 5 heteroatoms. The Bertz CT molecular complexity index is 468. The van der Waals surface area contributed by atoms with Gasteiger partial charge in [0, 0.05) is 37.7 Å². The van der Waals surface area contributed by atoms with Crippen LogP contribution in [0.3, 0.4) is 0 Å². The summed E-state index contributed by atoms with van der Waals surface area (Å²) in [5.41, 5.74) is -0.0599. The van der Waals surface area contributed by atoms with E-state index in [0.29, 0.717) is 6.04 Å². The quantitative estimate of drug-likeness (QED) is 0.852. The molecular formula is C13H22N4O. The number of aromatic nitrogens is 2. The molecule has 0 aliphatic carbocycles. The number of likely N-dealkylation sites (N-methyl/N-ethyl adjacent to an activating group) is 1. The highest BCUT2D eigenvalue weighted by Crippen LogP contribution is 2.16. The molecule has 1 N–H and O–H groups in total. The smallest absolute Gasteiger partial charge is 0.252 e. The fourth-order valence-electron chi connectivity index (χ4n) is 2.16. The van der Waals surface area contributed by atoms with Gasteiger partial charge in [0.15, 0.2) is 0 Å². The van der Waals surface area contributed by atoms with Crippen molar-refractivity contribution in [3.8, 4) is 0 Å². The molecule has 1 fully saturated rings. The van der Waals surface area contributed by atoms with Crippen LogP contribution in [0.25, 0.3) is 0 Å². The molecule has 1 unspecified atom stereocenters. The summed E-state index contributed by atoms with van der Waals surface area (Å²) in [5.74, 6) is 1.81. The van der Waals surface area contributed by atoms with Gasteiger partial charge >= 0.3 is 0 Å². The van der Waals surface area contributed by atoms with Crippen molar-refractivity contribution in [3.63, 3.8) is 0 Å². The molecule has 5 nitrogen and oxygen atoms in total. The minimum absolute atomic E-state index is 0.0599. The van der Waals surface area contributed by atoms with Gasteiger partial charge in [-0.1, -0.05) is 13.8 Å². The second-order valence-electron chi connectivity index (χ2n) is 5.42. The summed E-state index contributed by atoms with van der Waals surface area (Å²) >= 11 is 0. The van der Waals surface area contributed by atoms with Crippen LogP contribution in [-0.2, 0) is 0 Å². The van der Waals surface area contributed by atoms with E-state index in [1.807, 2.05) is 13.8 Å². The fourth-order valence-corrected chi connectivity index (χ4v) is 2.16. The van der Waals surface area contributed by atoms with Crippen molar-refractivity contribution in [2.75, 3.05) is 31.6 Å². The van der Waals surface area contributed by atoms with Crippen LogP contribution in [-0.4, -0.2) is 47.6 Å². The van der Waals surface area contributed by atoms with Crippen LogP contribution in [0.15, 0.2) is 10.9 Å². The Balaban J connectivity index is 2.25. The molecule has 1 aliphatic rings. The van der Waals surface area contributed by atoms with E-state index in [0.717, 1.165) is 31.3 Å². The lowest BCUT2D eigenvalue weighted by Crippen LogP contribution is -2.50. The zero-order valence-corrected chi connectivity index (χ0v) is 11.6. The number of nitrogens with zero attached hydrogens (tertiary/aromatic N) is 3. The molecule has 0 saturated carbocycles. The zero-order chi connectivity index (χ0) is 13.3. The lowest BCUT2D eigenvalue weighted by atomic mass is 10.2. The third-order valence-electron chi connectivity index (χ3n) is 3.58. The molecule has 1 aromatic rings. The Labute approximate surface area is 108 Å². The third kappa shape index (κ3) is 2.72. The summed E-state index contributed by atoms with van der Waals surface area (Å²) in [6, 6.07) is 2.09. The lowest BCUT2D eigenvalue weighted by molar-refractivity contribution is 0.233. The van der Waals surface area contributed by atoms with Gasteiger partial charge in [-0.05, 0) is 14.0 Å². The van der Waals surface area contributed by atoms with Gasteiger partial charge in [0.1, 0.15) is 11.6 Å². The van der Waals surface area contributed by atoms with Crippen LogP contribution >= 0.6 is 0 Å². The average molecular weight is 250 g/mol. The van der Waals surface area contributed by atoms with Gasteiger partial charge in [0.2, 0.25) is 0 Å². The van der Waals surface area contributed by atoms with E-state index in [9.17, 15) is 4.79 Å². The van der Waals surface area contributed by atoms with E-state index >= 15 is 0 Å². The van der Waals surface area contributed by atoms with Crippen molar-refractivity contribution in [2.24, 2.45) is 0 Å². The van der Waals surface area contributed by atoms with Crippen molar-refractivity contribution in [1.82, 2.24) is 14.9 Å². The van der Waals surface area contributed by atoms with Crippen molar-refractivity contribution in [1.29, 1.82) is 0 Å². The first kappa shape index (κ1) is 13.1. The van der Waals surface area contributed by atoms with Crippen molar-refractivity contribution in [3.05, 3.63) is 22.2 Å². The summed E-state index contributed by atoms with van der Waals surface area (Å²) in [4.78, 5) is 23.6. The molecule has 100 valence electrons. The summed E-state index contributed by atoms with van der Waals surface area (Å²) in [7, 11) is 2.13. The molecule has 1 aromatic heterocycles. The number of hydrogen-bond donors (Lipinski definition) is 1. The van der Waals surface area contributed by atoms with Crippen molar-refractivity contribution < 1.29 is 0 Å². The normalized spacial score (nSPS) is 21.6. The van der Waals surface area contributed by atoms with Gasteiger partial charge in [-0.25, -0.2) is 4.98 Å². The highest BCUT2D eigenvalue weighted by atomic mass is 16.1. The van der Waals surface area contributed by atoms with E-state index in [2.05, 4.69) is 33.7 Å². The molecule has 1 aliphatic heterocycles. The van der Waals surface area contributed by atoms with Crippen molar-refractivity contribution in [2.45, 2.75) is 32.7 Å². The second-order valence-corrected chi connectivity index (χ2v) is 5.42. The minimum atomic E-state index is -0.0599. The lowest BCUT2D eigenvalue weighted by Gasteiger charge is -2.38. The maximum Gasteiger partial charge on any atom is 0.252 e. The summed E-state index contributed by atoms with van der Waals surface area (Å²) in [5, 5.41) is 0. The van der Waals surface area contributed by atoms with E-state index in [1.54, 1.807) is 6.07 Å². The molecule has 0 radical (unpaired) electrons. The Morgan fingerprint density at radius 2 is 2.17 bits per heavy atom. The predicted molar refractivity (Wildman–Crippen MR) is 73.3 cm³/mol. The first-order valence-electron chi connectivity index (χ1n) is 6.54. The van der Waals surface area contributed by atoms with Crippen LogP contribution in [0, 0.1) is 0 Å². The molecule has 1 saturated heterocycles. The fraction of sp³-hybridized carbons (Fsp3) is 0.692. The molecule has 0 amide bonds. The Hall–Kier alpha value is -1.36. The number of hydrogen-bond acceptors (Lipinski definition) is 4. The third-order valence-corrected chi connectivity index (χ3v) is 3.58.